The number of nitrogens with zero attached hydrogens (tertiary/aromatic N) is 2. The molecule has 0 fully saturated rings. The molecule has 1 aromatic carbocycles. The Morgan fingerprint density at radius 1 is 1.27 bits per heavy atom. The first kappa shape index (κ1) is 21.3. The topological polar surface area (TPSA) is 132 Å². The van der Waals surface area contributed by atoms with Gasteiger partial charge in [-0.15, -0.1) is 6.42 Å². The third kappa shape index (κ3) is 6.62. The first-order valence-corrected chi connectivity index (χ1v) is 9.13. The van der Waals surface area contributed by atoms with Crippen LogP contribution < -0.4 is 4.72 Å². The summed E-state index contributed by atoms with van der Waals surface area (Å²) in [6, 6.07) is 2.86. The van der Waals surface area contributed by atoms with Gasteiger partial charge in [0.25, 0.3) is 11.4 Å². The molecule has 1 aromatic rings. The molecule has 1 N–H and O–H groups in total. The molecule has 0 atom stereocenters. The average molecular weight is 381 g/mol. The molecule has 0 saturated heterocycles. The van der Waals surface area contributed by atoms with Gasteiger partial charge >= 0.3 is 0 Å². The molecule has 0 saturated carbocycles. The summed E-state index contributed by atoms with van der Waals surface area (Å²) in [6.07, 6.45) is 8.92. The number of sulfonamides is 1. The summed E-state index contributed by atoms with van der Waals surface area (Å²) in [5.41, 5.74) is -1.63. The maximum absolute atomic E-state index is 12.3. The van der Waals surface area contributed by atoms with Crippen LogP contribution in [0.4, 0.5) is 11.4 Å². The van der Waals surface area contributed by atoms with Crippen LogP contribution in [-0.2, 0) is 15.8 Å². The van der Waals surface area contributed by atoms with Crippen molar-refractivity contribution < 1.29 is 18.3 Å². The van der Waals surface area contributed by atoms with Crippen molar-refractivity contribution in [3.8, 4) is 12.3 Å². The number of rotatable bonds is 9. The summed E-state index contributed by atoms with van der Waals surface area (Å²) in [5, 5.41) is 21.8. The van der Waals surface area contributed by atoms with Crippen molar-refractivity contribution >= 4 is 21.4 Å². The summed E-state index contributed by atoms with van der Waals surface area (Å²) in [6.45, 7) is 3.78. The molecule has 10 heteroatoms. The number of nitro groups is 2. The third-order valence-corrected chi connectivity index (χ3v) is 4.75. The van der Waals surface area contributed by atoms with Gasteiger partial charge in [-0.3, -0.25) is 20.2 Å². The fraction of sp³-hybridized carbons (Fsp3) is 0.375. The van der Waals surface area contributed by atoms with Gasteiger partial charge in [-0.05, 0) is 24.0 Å². The molecule has 0 bridgehead atoms. The van der Waals surface area contributed by atoms with Gasteiger partial charge in [-0.1, -0.05) is 25.8 Å². The predicted octanol–water partition coefficient (Wildman–Crippen LogP) is 2.53. The van der Waals surface area contributed by atoms with Crippen molar-refractivity contribution in [2.75, 3.05) is 6.54 Å². The van der Waals surface area contributed by atoms with Crippen molar-refractivity contribution in [1.82, 2.24) is 4.72 Å². The highest BCUT2D eigenvalue weighted by Crippen LogP contribution is 2.26. The zero-order chi connectivity index (χ0) is 20.0. The van der Waals surface area contributed by atoms with Crippen LogP contribution in [0.5, 0.6) is 0 Å². The Kier molecular flexibility index (Phi) is 7.00. The number of nitrogens with one attached hydrogen (secondary N) is 1. The Labute approximate surface area is 151 Å². The number of hydrogen-bond donors (Lipinski definition) is 1. The molecular formula is C16H19N3O6S. The van der Waals surface area contributed by atoms with E-state index in [1.165, 1.54) is 6.08 Å². The largest absolute Gasteiger partial charge is 0.280 e. The highest BCUT2D eigenvalue weighted by atomic mass is 32.2. The number of benzene rings is 1. The van der Waals surface area contributed by atoms with Gasteiger partial charge in [0, 0.05) is 18.2 Å². The van der Waals surface area contributed by atoms with Crippen LogP contribution in [-0.4, -0.2) is 24.8 Å². The summed E-state index contributed by atoms with van der Waals surface area (Å²) < 4.78 is 26.9. The molecule has 26 heavy (non-hydrogen) atoms. The van der Waals surface area contributed by atoms with Gasteiger partial charge in [0.05, 0.1) is 21.7 Å². The maximum Gasteiger partial charge on any atom is 0.280 e. The van der Waals surface area contributed by atoms with E-state index >= 15 is 0 Å². The van der Waals surface area contributed by atoms with E-state index in [9.17, 15) is 28.6 Å². The van der Waals surface area contributed by atoms with E-state index in [0.717, 1.165) is 18.2 Å². The fourth-order valence-electron chi connectivity index (χ4n) is 2.04. The van der Waals surface area contributed by atoms with Crippen LogP contribution in [0, 0.1) is 38.0 Å². The van der Waals surface area contributed by atoms with Crippen LogP contribution in [0.1, 0.15) is 25.8 Å². The van der Waals surface area contributed by atoms with E-state index in [-0.39, 0.29) is 12.1 Å². The number of hydrogen-bond acceptors (Lipinski definition) is 6. The molecule has 0 aromatic heterocycles. The lowest BCUT2D eigenvalue weighted by molar-refractivity contribution is -0.394. The molecule has 0 aliphatic heterocycles. The minimum atomic E-state index is -3.88. The highest BCUT2D eigenvalue weighted by molar-refractivity contribution is 7.88. The fourth-order valence-corrected chi connectivity index (χ4v) is 3.40. The number of allylic oxidation sites excluding steroid dienone is 2. The van der Waals surface area contributed by atoms with Crippen LogP contribution >= 0.6 is 0 Å². The van der Waals surface area contributed by atoms with Crippen LogP contribution in [0.15, 0.2) is 30.4 Å². The van der Waals surface area contributed by atoms with Crippen LogP contribution in [0.3, 0.4) is 0 Å². The molecule has 0 aliphatic carbocycles. The molecule has 140 valence electrons. The van der Waals surface area contributed by atoms with Gasteiger partial charge in [0.1, 0.15) is 0 Å². The van der Waals surface area contributed by atoms with Crippen LogP contribution in [0.25, 0.3) is 0 Å². The molecular weight excluding hydrogens is 362 g/mol. The van der Waals surface area contributed by atoms with Crippen LogP contribution in [0.2, 0.25) is 0 Å². The van der Waals surface area contributed by atoms with Crippen molar-refractivity contribution in [2.24, 2.45) is 5.41 Å². The smallest absolute Gasteiger partial charge is 0.258 e. The number of nitro benzene ring substituents is 2. The van der Waals surface area contributed by atoms with E-state index in [2.05, 4.69) is 10.6 Å². The molecule has 0 aliphatic rings. The Morgan fingerprint density at radius 2 is 1.92 bits per heavy atom. The first-order valence-electron chi connectivity index (χ1n) is 7.47. The second-order valence-corrected chi connectivity index (χ2v) is 8.15. The van der Waals surface area contributed by atoms with E-state index in [4.69, 9.17) is 6.42 Å². The third-order valence-electron chi connectivity index (χ3n) is 3.48. The first-order chi connectivity index (χ1) is 12.0. The lowest BCUT2D eigenvalue weighted by atomic mass is 9.89. The van der Waals surface area contributed by atoms with Crippen molar-refractivity contribution in [1.29, 1.82) is 0 Å². The molecule has 0 radical (unpaired) electrons. The molecule has 0 spiro atoms. The Hall–Kier alpha value is -2.77. The van der Waals surface area contributed by atoms with Gasteiger partial charge < -0.3 is 0 Å². The van der Waals surface area contributed by atoms with Crippen molar-refractivity contribution in [3.05, 3.63) is 56.1 Å². The summed E-state index contributed by atoms with van der Waals surface area (Å²) in [7, 11) is -3.88. The summed E-state index contributed by atoms with van der Waals surface area (Å²) >= 11 is 0. The number of non-ortho nitro benzene ring substituents is 1. The van der Waals surface area contributed by atoms with Gasteiger partial charge in [0.15, 0.2) is 0 Å². The molecule has 0 amide bonds. The second-order valence-electron chi connectivity index (χ2n) is 6.34. The maximum atomic E-state index is 12.3. The SMILES string of the molecule is C#C/C=C/CC(C)(C)CNS(=O)(=O)Cc1ccc([N+](=O)[O-])cc1[N+](=O)[O-]. The molecule has 9 nitrogen and oxygen atoms in total. The standard InChI is InChI=1S/C16H19N3O6S/c1-4-5-6-9-16(2,3)12-17-26(24,25)11-13-7-8-14(18(20)21)10-15(13)19(22)23/h1,5-8,10,17H,9,11-12H2,2-3H3/b6-5+. The number of terminal acetylenes is 1. The zero-order valence-electron chi connectivity index (χ0n) is 14.3. The lowest BCUT2D eigenvalue weighted by Crippen LogP contribution is -2.34. The molecule has 0 unspecified atom stereocenters. The normalized spacial score (nSPS) is 12.0. The molecule has 1 rings (SSSR count). The van der Waals surface area contributed by atoms with E-state index < -0.39 is 42.4 Å². The Balaban J connectivity index is 2.93. The summed E-state index contributed by atoms with van der Waals surface area (Å²) in [5.74, 6) is 1.69. The van der Waals surface area contributed by atoms with Crippen molar-refractivity contribution in [3.63, 3.8) is 0 Å². The van der Waals surface area contributed by atoms with E-state index in [1.807, 2.05) is 13.8 Å². The quantitative estimate of drug-likeness (QED) is 0.397. The minimum Gasteiger partial charge on any atom is -0.258 e. The van der Waals surface area contributed by atoms with Gasteiger partial charge in [-0.25, -0.2) is 13.1 Å². The van der Waals surface area contributed by atoms with E-state index in [0.29, 0.717) is 6.42 Å². The zero-order valence-corrected chi connectivity index (χ0v) is 15.2. The Bertz CT molecular complexity index is 868. The van der Waals surface area contributed by atoms with E-state index in [1.54, 1.807) is 6.08 Å². The van der Waals surface area contributed by atoms with Gasteiger partial charge in [0.2, 0.25) is 10.0 Å². The lowest BCUT2D eigenvalue weighted by Gasteiger charge is -2.23. The Morgan fingerprint density at radius 3 is 2.46 bits per heavy atom. The minimum absolute atomic E-state index is 0.102. The van der Waals surface area contributed by atoms with Gasteiger partial charge in [-0.2, -0.15) is 0 Å². The highest BCUT2D eigenvalue weighted by Gasteiger charge is 2.25. The molecule has 0 heterocycles. The van der Waals surface area contributed by atoms with Crippen molar-refractivity contribution in [2.45, 2.75) is 26.0 Å². The summed E-state index contributed by atoms with van der Waals surface area (Å²) in [4.78, 5) is 20.2. The second kappa shape index (κ2) is 8.55. The monoisotopic (exact) mass is 381 g/mol. The average Bonchev–Trinajstić information content (AvgIpc) is 2.53. The predicted molar refractivity (Wildman–Crippen MR) is 96.7 cm³/mol.